The Morgan fingerprint density at radius 1 is 1.25 bits per heavy atom. The van der Waals surface area contributed by atoms with Crippen LogP contribution in [0.5, 0.6) is 0 Å². The zero-order chi connectivity index (χ0) is 13.6. The fourth-order valence-corrected chi connectivity index (χ4v) is 3.75. The number of hydrogen-bond donors (Lipinski definition) is 1. The van der Waals surface area contributed by atoms with Gasteiger partial charge in [0.25, 0.3) is 0 Å². The molecule has 3 aliphatic heterocycles. The number of nitrogens with zero attached hydrogens (tertiary/aromatic N) is 4. The molecule has 2 fully saturated rings. The first-order valence-corrected chi connectivity index (χ1v) is 7.73. The average Bonchev–Trinajstić information content (AvgIpc) is 2.45. The standard InChI is InChI=1S/C15H23N5/c1-19-7-2-12-8-17-14(18-13(12)9-19)20-10-15(11-20)3-5-16-6-4-15/h8,16H,2-7,9-11H2,1H3. The molecule has 0 bridgehead atoms. The summed E-state index contributed by atoms with van der Waals surface area (Å²) in [5.74, 6) is 0.947. The molecule has 4 rings (SSSR count). The van der Waals surface area contributed by atoms with Crippen LogP contribution in [0.15, 0.2) is 6.20 Å². The van der Waals surface area contributed by atoms with Gasteiger partial charge in [0.1, 0.15) is 0 Å². The van der Waals surface area contributed by atoms with E-state index in [0.717, 1.165) is 38.5 Å². The van der Waals surface area contributed by atoms with Crippen molar-refractivity contribution >= 4 is 5.95 Å². The Balaban J connectivity index is 1.49. The minimum Gasteiger partial charge on any atom is -0.340 e. The Morgan fingerprint density at radius 3 is 2.85 bits per heavy atom. The van der Waals surface area contributed by atoms with Crippen molar-refractivity contribution in [2.75, 3.05) is 44.7 Å². The Kier molecular flexibility index (Phi) is 2.93. The number of likely N-dealkylation sites (N-methyl/N-ethyl adjacent to an activating group) is 1. The van der Waals surface area contributed by atoms with Crippen molar-refractivity contribution in [2.45, 2.75) is 25.8 Å². The molecule has 0 aliphatic carbocycles. The third-order valence-electron chi connectivity index (χ3n) is 5.12. The SMILES string of the molecule is CN1CCc2cnc(N3CC4(CCNCC4)C3)nc2C1. The normalized spacial score (nSPS) is 25.4. The lowest BCUT2D eigenvalue weighted by Gasteiger charge is -2.52. The molecule has 0 unspecified atom stereocenters. The molecular formula is C15H23N5. The maximum absolute atomic E-state index is 4.82. The van der Waals surface area contributed by atoms with Gasteiger partial charge in [-0.3, -0.25) is 0 Å². The monoisotopic (exact) mass is 273 g/mol. The van der Waals surface area contributed by atoms with E-state index in [1.165, 1.54) is 37.2 Å². The number of fused-ring (bicyclic) bond motifs is 1. The second-order valence-electron chi connectivity index (χ2n) is 6.74. The van der Waals surface area contributed by atoms with E-state index in [1.54, 1.807) is 0 Å². The Labute approximate surface area is 120 Å². The highest BCUT2D eigenvalue weighted by molar-refractivity contribution is 5.39. The molecule has 20 heavy (non-hydrogen) atoms. The van der Waals surface area contributed by atoms with Crippen LogP contribution in [0.25, 0.3) is 0 Å². The van der Waals surface area contributed by atoms with Crippen LogP contribution in [0, 0.1) is 5.41 Å². The molecule has 0 radical (unpaired) electrons. The minimum atomic E-state index is 0.543. The highest BCUT2D eigenvalue weighted by Crippen LogP contribution is 2.40. The van der Waals surface area contributed by atoms with Crippen molar-refractivity contribution < 1.29 is 0 Å². The molecule has 1 aromatic rings. The van der Waals surface area contributed by atoms with E-state index >= 15 is 0 Å². The van der Waals surface area contributed by atoms with Gasteiger partial charge in [-0.15, -0.1) is 0 Å². The number of anilines is 1. The lowest BCUT2D eigenvalue weighted by atomic mass is 9.72. The molecule has 0 aromatic carbocycles. The zero-order valence-electron chi connectivity index (χ0n) is 12.2. The Morgan fingerprint density at radius 2 is 2.05 bits per heavy atom. The van der Waals surface area contributed by atoms with E-state index < -0.39 is 0 Å². The maximum Gasteiger partial charge on any atom is 0.225 e. The van der Waals surface area contributed by atoms with Crippen molar-refractivity contribution in [2.24, 2.45) is 5.41 Å². The number of nitrogens with one attached hydrogen (secondary N) is 1. The van der Waals surface area contributed by atoms with Crippen molar-refractivity contribution in [3.63, 3.8) is 0 Å². The quantitative estimate of drug-likeness (QED) is 0.814. The second kappa shape index (κ2) is 4.67. The van der Waals surface area contributed by atoms with Gasteiger partial charge in [-0.25, -0.2) is 9.97 Å². The van der Waals surface area contributed by atoms with E-state index in [9.17, 15) is 0 Å². The topological polar surface area (TPSA) is 44.3 Å². The van der Waals surface area contributed by atoms with Crippen molar-refractivity contribution in [3.8, 4) is 0 Å². The molecule has 0 amide bonds. The van der Waals surface area contributed by atoms with Crippen molar-refractivity contribution in [3.05, 3.63) is 17.5 Å². The minimum absolute atomic E-state index is 0.543. The number of rotatable bonds is 1. The van der Waals surface area contributed by atoms with Gasteiger partial charge in [0.05, 0.1) is 5.69 Å². The molecule has 0 atom stereocenters. The lowest BCUT2D eigenvalue weighted by molar-refractivity contribution is 0.148. The van der Waals surface area contributed by atoms with Crippen molar-refractivity contribution in [1.82, 2.24) is 20.2 Å². The predicted octanol–water partition coefficient (Wildman–Crippen LogP) is 0.654. The van der Waals surface area contributed by atoms with Crippen LogP contribution in [0.4, 0.5) is 5.95 Å². The van der Waals surface area contributed by atoms with E-state index in [4.69, 9.17) is 4.98 Å². The molecule has 4 heterocycles. The van der Waals surface area contributed by atoms with Gasteiger partial charge < -0.3 is 15.1 Å². The molecule has 5 nitrogen and oxygen atoms in total. The Hall–Kier alpha value is -1.20. The molecule has 108 valence electrons. The molecule has 1 N–H and O–H groups in total. The average molecular weight is 273 g/mol. The molecular weight excluding hydrogens is 250 g/mol. The number of hydrogen-bond acceptors (Lipinski definition) is 5. The van der Waals surface area contributed by atoms with Gasteiger partial charge in [0.15, 0.2) is 0 Å². The molecule has 3 aliphatic rings. The summed E-state index contributed by atoms with van der Waals surface area (Å²) in [6.45, 7) is 6.71. The first-order valence-electron chi connectivity index (χ1n) is 7.73. The summed E-state index contributed by atoms with van der Waals surface area (Å²) in [7, 11) is 2.17. The van der Waals surface area contributed by atoms with Crippen molar-refractivity contribution in [1.29, 1.82) is 0 Å². The van der Waals surface area contributed by atoms with Crippen LogP contribution < -0.4 is 10.2 Å². The van der Waals surface area contributed by atoms with Gasteiger partial charge >= 0.3 is 0 Å². The van der Waals surface area contributed by atoms with E-state index in [0.29, 0.717) is 5.41 Å². The smallest absolute Gasteiger partial charge is 0.225 e. The third-order valence-corrected chi connectivity index (χ3v) is 5.12. The molecule has 2 saturated heterocycles. The predicted molar refractivity (Wildman–Crippen MR) is 78.8 cm³/mol. The van der Waals surface area contributed by atoms with Gasteiger partial charge in [0, 0.05) is 37.8 Å². The van der Waals surface area contributed by atoms with E-state index in [-0.39, 0.29) is 0 Å². The van der Waals surface area contributed by atoms with Gasteiger partial charge in [-0.05, 0) is 45.0 Å². The summed E-state index contributed by atoms with van der Waals surface area (Å²) in [6, 6.07) is 0. The molecule has 0 saturated carbocycles. The highest BCUT2D eigenvalue weighted by atomic mass is 15.3. The number of aromatic nitrogens is 2. The van der Waals surface area contributed by atoms with Crippen LogP contribution in [0.1, 0.15) is 24.1 Å². The van der Waals surface area contributed by atoms with Crippen LogP contribution in [-0.4, -0.2) is 54.6 Å². The molecule has 1 spiro atoms. The van der Waals surface area contributed by atoms with Crippen LogP contribution in [0.2, 0.25) is 0 Å². The van der Waals surface area contributed by atoms with Gasteiger partial charge in [0.2, 0.25) is 5.95 Å². The summed E-state index contributed by atoms with van der Waals surface area (Å²) in [4.78, 5) is 14.1. The third kappa shape index (κ3) is 2.09. The Bertz CT molecular complexity index is 501. The summed E-state index contributed by atoms with van der Waals surface area (Å²) in [6.07, 6.45) is 5.74. The first kappa shape index (κ1) is 12.5. The van der Waals surface area contributed by atoms with Crippen LogP contribution in [-0.2, 0) is 13.0 Å². The summed E-state index contributed by atoms with van der Waals surface area (Å²) >= 11 is 0. The van der Waals surface area contributed by atoms with E-state index in [1.807, 2.05) is 0 Å². The fraction of sp³-hybridized carbons (Fsp3) is 0.733. The van der Waals surface area contributed by atoms with Gasteiger partial charge in [-0.2, -0.15) is 0 Å². The second-order valence-corrected chi connectivity index (χ2v) is 6.74. The first-order chi connectivity index (χ1) is 9.74. The van der Waals surface area contributed by atoms with Gasteiger partial charge in [-0.1, -0.05) is 0 Å². The lowest BCUT2D eigenvalue weighted by Crippen LogP contribution is -2.60. The molecule has 1 aromatic heterocycles. The fourth-order valence-electron chi connectivity index (χ4n) is 3.75. The summed E-state index contributed by atoms with van der Waals surface area (Å²) in [5.41, 5.74) is 3.11. The highest BCUT2D eigenvalue weighted by Gasteiger charge is 2.44. The van der Waals surface area contributed by atoms with Crippen LogP contribution in [0.3, 0.4) is 0 Å². The van der Waals surface area contributed by atoms with Crippen LogP contribution >= 0.6 is 0 Å². The largest absolute Gasteiger partial charge is 0.340 e. The molecule has 5 heteroatoms. The number of piperidine rings is 1. The summed E-state index contributed by atoms with van der Waals surface area (Å²) < 4.78 is 0. The summed E-state index contributed by atoms with van der Waals surface area (Å²) in [5, 5.41) is 3.45. The zero-order valence-corrected chi connectivity index (χ0v) is 12.2. The van der Waals surface area contributed by atoms with E-state index in [2.05, 4.69) is 33.3 Å². The maximum atomic E-state index is 4.82.